The molecule has 0 fully saturated rings. The average molecular weight is 344 g/mol. The van der Waals surface area contributed by atoms with Crippen molar-refractivity contribution >= 4 is 17.8 Å². The predicted molar refractivity (Wildman–Crippen MR) is 91.5 cm³/mol. The highest BCUT2D eigenvalue weighted by atomic mass is 16.5. The number of rotatable bonds is 8. The number of methoxy groups -OCH3 is 1. The first-order chi connectivity index (χ1) is 12.1. The van der Waals surface area contributed by atoms with Crippen molar-refractivity contribution in [2.24, 2.45) is 0 Å². The highest BCUT2D eigenvalue weighted by Gasteiger charge is 2.16. The maximum Gasteiger partial charge on any atom is 0.320 e. The third-order valence-electron chi connectivity index (χ3n) is 3.50. The molecule has 2 rings (SSSR count). The van der Waals surface area contributed by atoms with E-state index in [2.05, 4.69) is 20.6 Å². The number of carbonyl (C=O) groups is 2. The van der Waals surface area contributed by atoms with Crippen molar-refractivity contribution in [2.75, 3.05) is 12.4 Å². The first-order valence-electron chi connectivity index (χ1n) is 7.75. The van der Waals surface area contributed by atoms with Gasteiger partial charge in [0, 0.05) is 12.5 Å². The number of hydrogen-bond donors (Lipinski definition) is 3. The minimum absolute atomic E-state index is 0.0331. The van der Waals surface area contributed by atoms with Gasteiger partial charge in [0.25, 0.3) is 0 Å². The summed E-state index contributed by atoms with van der Waals surface area (Å²) in [6.45, 7) is 0. The van der Waals surface area contributed by atoms with Gasteiger partial charge in [0.2, 0.25) is 0 Å². The van der Waals surface area contributed by atoms with Crippen LogP contribution in [-0.4, -0.2) is 40.2 Å². The lowest BCUT2D eigenvalue weighted by Gasteiger charge is -2.19. The zero-order chi connectivity index (χ0) is 18.1. The Kier molecular flexibility index (Phi) is 6.70. The van der Waals surface area contributed by atoms with E-state index in [1.807, 2.05) is 30.3 Å². The summed E-state index contributed by atoms with van der Waals surface area (Å²) in [4.78, 5) is 30.9. The summed E-state index contributed by atoms with van der Waals surface area (Å²) in [5.41, 5.74) is 1.01. The lowest BCUT2D eigenvalue weighted by atomic mass is 10.0. The van der Waals surface area contributed by atoms with Crippen LogP contribution in [0.3, 0.4) is 0 Å². The normalized spacial score (nSPS) is 11.4. The van der Waals surface area contributed by atoms with E-state index in [-0.39, 0.29) is 18.3 Å². The quantitative estimate of drug-likeness (QED) is 0.676. The maximum absolute atomic E-state index is 12.2. The smallest absolute Gasteiger partial charge is 0.320 e. The lowest BCUT2D eigenvalue weighted by molar-refractivity contribution is -0.137. The van der Waals surface area contributed by atoms with Gasteiger partial charge in [0.1, 0.15) is 6.33 Å². The molecule has 1 atom stereocenters. The second-order valence-corrected chi connectivity index (χ2v) is 5.36. The summed E-state index contributed by atoms with van der Waals surface area (Å²) in [5.74, 6) is -0.327. The number of nitrogens with one attached hydrogen (secondary N) is 2. The SMILES string of the molecule is COc1cncnc1NC(=O)NC(CCC(=O)O)Cc1ccccc1. The van der Waals surface area contributed by atoms with Gasteiger partial charge in [-0.1, -0.05) is 30.3 Å². The van der Waals surface area contributed by atoms with Crippen LogP contribution in [0.15, 0.2) is 42.9 Å². The van der Waals surface area contributed by atoms with Crippen molar-refractivity contribution in [1.29, 1.82) is 0 Å². The highest BCUT2D eigenvalue weighted by molar-refractivity contribution is 5.89. The minimum Gasteiger partial charge on any atom is -0.491 e. The summed E-state index contributed by atoms with van der Waals surface area (Å²) in [6.07, 6.45) is 3.55. The monoisotopic (exact) mass is 344 g/mol. The molecule has 25 heavy (non-hydrogen) atoms. The Hall–Kier alpha value is -3.16. The minimum atomic E-state index is -0.905. The Balaban J connectivity index is 2.01. The molecule has 0 bridgehead atoms. The van der Waals surface area contributed by atoms with Gasteiger partial charge < -0.3 is 15.2 Å². The van der Waals surface area contributed by atoms with Gasteiger partial charge in [-0.3, -0.25) is 10.1 Å². The molecule has 0 radical (unpaired) electrons. The number of benzene rings is 1. The summed E-state index contributed by atoms with van der Waals surface area (Å²) < 4.78 is 5.08. The van der Waals surface area contributed by atoms with E-state index in [1.54, 1.807) is 0 Å². The van der Waals surface area contributed by atoms with Crippen LogP contribution in [0.5, 0.6) is 5.75 Å². The zero-order valence-electron chi connectivity index (χ0n) is 13.8. The molecular weight excluding hydrogens is 324 g/mol. The Morgan fingerprint density at radius 3 is 2.72 bits per heavy atom. The van der Waals surface area contributed by atoms with Crippen LogP contribution in [0, 0.1) is 0 Å². The van der Waals surface area contributed by atoms with Crippen molar-refractivity contribution in [2.45, 2.75) is 25.3 Å². The molecule has 8 heteroatoms. The van der Waals surface area contributed by atoms with E-state index >= 15 is 0 Å². The molecule has 0 saturated heterocycles. The molecule has 1 aromatic carbocycles. The van der Waals surface area contributed by atoms with Crippen LogP contribution >= 0.6 is 0 Å². The van der Waals surface area contributed by atoms with Gasteiger partial charge in [-0.05, 0) is 18.4 Å². The van der Waals surface area contributed by atoms with Crippen molar-refractivity contribution in [3.05, 3.63) is 48.4 Å². The molecule has 2 aromatic rings. The number of nitrogens with zero attached hydrogens (tertiary/aromatic N) is 2. The topological polar surface area (TPSA) is 113 Å². The molecule has 0 spiro atoms. The molecule has 1 unspecified atom stereocenters. The summed E-state index contributed by atoms with van der Waals surface area (Å²) in [6, 6.07) is 8.75. The molecule has 0 aliphatic carbocycles. The predicted octanol–water partition coefficient (Wildman–Crippen LogP) is 2.08. The number of hydrogen-bond acceptors (Lipinski definition) is 5. The van der Waals surface area contributed by atoms with Crippen molar-refractivity contribution in [3.63, 3.8) is 0 Å². The van der Waals surface area contributed by atoms with E-state index in [4.69, 9.17) is 9.84 Å². The molecular formula is C17H20N4O4. The average Bonchev–Trinajstić information content (AvgIpc) is 2.61. The number of carboxylic acids is 1. The number of anilines is 1. The summed E-state index contributed by atoms with van der Waals surface area (Å²) in [5, 5.41) is 14.3. The van der Waals surface area contributed by atoms with Crippen LogP contribution in [0.4, 0.5) is 10.6 Å². The molecule has 132 valence electrons. The molecule has 2 amide bonds. The third kappa shape index (κ3) is 6.09. The second kappa shape index (κ2) is 9.21. The van der Waals surface area contributed by atoms with Gasteiger partial charge in [-0.15, -0.1) is 0 Å². The largest absolute Gasteiger partial charge is 0.491 e. The number of amides is 2. The van der Waals surface area contributed by atoms with Crippen molar-refractivity contribution in [1.82, 2.24) is 15.3 Å². The van der Waals surface area contributed by atoms with Crippen molar-refractivity contribution in [3.8, 4) is 5.75 Å². The fourth-order valence-electron chi connectivity index (χ4n) is 2.31. The van der Waals surface area contributed by atoms with Gasteiger partial charge in [-0.2, -0.15) is 0 Å². The molecule has 0 aliphatic heterocycles. The van der Waals surface area contributed by atoms with E-state index in [0.29, 0.717) is 18.6 Å². The Bertz CT molecular complexity index is 709. The van der Waals surface area contributed by atoms with Crippen LogP contribution in [-0.2, 0) is 11.2 Å². The molecule has 0 aliphatic rings. The molecule has 8 nitrogen and oxygen atoms in total. The Labute approximate surface area is 145 Å². The van der Waals surface area contributed by atoms with E-state index < -0.39 is 12.0 Å². The fourth-order valence-corrected chi connectivity index (χ4v) is 2.31. The fraction of sp³-hybridized carbons (Fsp3) is 0.294. The van der Waals surface area contributed by atoms with Crippen LogP contribution in [0.1, 0.15) is 18.4 Å². The molecule has 0 saturated carbocycles. The highest BCUT2D eigenvalue weighted by Crippen LogP contribution is 2.18. The van der Waals surface area contributed by atoms with Gasteiger partial charge in [-0.25, -0.2) is 14.8 Å². The number of aliphatic carboxylic acids is 1. The molecule has 3 N–H and O–H groups in total. The standard InChI is InChI=1S/C17H20N4O4/c1-25-14-10-18-11-19-16(14)21-17(24)20-13(7-8-15(22)23)9-12-5-3-2-4-6-12/h2-6,10-11,13H,7-9H2,1H3,(H,22,23)(H2,18,19,20,21,24). The summed E-state index contributed by atoms with van der Waals surface area (Å²) >= 11 is 0. The van der Waals surface area contributed by atoms with E-state index in [0.717, 1.165) is 5.56 Å². The lowest BCUT2D eigenvalue weighted by Crippen LogP contribution is -2.39. The second-order valence-electron chi connectivity index (χ2n) is 5.36. The number of carbonyl (C=O) groups excluding carboxylic acids is 1. The first kappa shape index (κ1) is 18.2. The number of ether oxygens (including phenoxy) is 1. The number of aromatic nitrogens is 2. The number of urea groups is 1. The summed E-state index contributed by atoms with van der Waals surface area (Å²) in [7, 11) is 1.45. The van der Waals surface area contributed by atoms with Crippen LogP contribution in [0.2, 0.25) is 0 Å². The van der Waals surface area contributed by atoms with Gasteiger partial charge in [0.15, 0.2) is 11.6 Å². The molecule has 1 heterocycles. The first-order valence-corrected chi connectivity index (χ1v) is 7.75. The Morgan fingerprint density at radius 2 is 2.04 bits per heavy atom. The van der Waals surface area contributed by atoms with Gasteiger partial charge >= 0.3 is 12.0 Å². The van der Waals surface area contributed by atoms with Crippen LogP contribution in [0.25, 0.3) is 0 Å². The van der Waals surface area contributed by atoms with E-state index in [1.165, 1.54) is 19.6 Å². The van der Waals surface area contributed by atoms with Crippen LogP contribution < -0.4 is 15.4 Å². The third-order valence-corrected chi connectivity index (χ3v) is 3.50. The van der Waals surface area contributed by atoms with Gasteiger partial charge in [0.05, 0.1) is 13.3 Å². The van der Waals surface area contributed by atoms with Crippen molar-refractivity contribution < 1.29 is 19.4 Å². The molecule has 1 aromatic heterocycles. The zero-order valence-corrected chi connectivity index (χ0v) is 13.8. The van der Waals surface area contributed by atoms with E-state index in [9.17, 15) is 9.59 Å². The Morgan fingerprint density at radius 1 is 1.28 bits per heavy atom. The maximum atomic E-state index is 12.2. The number of carboxylic acid groups (broad SMARTS) is 1.